The Morgan fingerprint density at radius 3 is 2.68 bits per heavy atom. The van der Waals surface area contributed by atoms with E-state index >= 15 is 0 Å². The van der Waals surface area contributed by atoms with Gasteiger partial charge in [-0.3, -0.25) is 9.59 Å². The summed E-state index contributed by atoms with van der Waals surface area (Å²) in [6.07, 6.45) is 0.213. The van der Waals surface area contributed by atoms with E-state index in [0.717, 1.165) is 0 Å². The van der Waals surface area contributed by atoms with Gasteiger partial charge in [0.25, 0.3) is 11.8 Å². The smallest absolute Gasteiger partial charge is 0.329 e. The van der Waals surface area contributed by atoms with Gasteiger partial charge in [-0.05, 0) is 55.5 Å². The Labute approximate surface area is 166 Å². The van der Waals surface area contributed by atoms with Crippen molar-refractivity contribution in [3.8, 4) is 6.07 Å². The van der Waals surface area contributed by atoms with Gasteiger partial charge in [0.2, 0.25) is 0 Å². The number of likely N-dealkylation sites (tertiary alicyclic amines) is 1. The van der Waals surface area contributed by atoms with Gasteiger partial charge in [0.1, 0.15) is 6.04 Å². The highest BCUT2D eigenvalue weighted by atomic mass is 32.1. The average molecular weight is 397 g/mol. The summed E-state index contributed by atoms with van der Waals surface area (Å²) < 4.78 is 5.32. The van der Waals surface area contributed by atoms with Crippen molar-refractivity contribution in [2.45, 2.75) is 31.9 Å². The summed E-state index contributed by atoms with van der Waals surface area (Å²) >= 11 is 1.33. The number of ether oxygens (including phenoxy) is 1. The lowest BCUT2D eigenvalue weighted by molar-refractivity contribution is -0.156. The first kappa shape index (κ1) is 19.6. The molecule has 0 bridgehead atoms. The Morgan fingerprint density at radius 2 is 2.04 bits per heavy atom. The van der Waals surface area contributed by atoms with Crippen LogP contribution in [0.25, 0.3) is 0 Å². The third-order valence-electron chi connectivity index (χ3n) is 4.46. The minimum absolute atomic E-state index is 0.191. The number of nitriles is 1. The van der Waals surface area contributed by atoms with E-state index < -0.39 is 24.0 Å². The predicted molar refractivity (Wildman–Crippen MR) is 104 cm³/mol. The fourth-order valence-electron chi connectivity index (χ4n) is 2.97. The highest BCUT2D eigenvalue weighted by Crippen LogP contribution is 2.23. The van der Waals surface area contributed by atoms with Gasteiger partial charge < -0.3 is 15.0 Å². The minimum Gasteiger partial charge on any atom is -0.451 e. The van der Waals surface area contributed by atoms with Gasteiger partial charge in [0.05, 0.1) is 16.5 Å². The lowest BCUT2D eigenvalue weighted by atomic mass is 10.2. The molecule has 1 fully saturated rings. The summed E-state index contributed by atoms with van der Waals surface area (Å²) in [5.74, 6) is -1.25. The number of anilines is 1. The van der Waals surface area contributed by atoms with Crippen LogP contribution < -0.4 is 5.32 Å². The maximum Gasteiger partial charge on any atom is 0.329 e. The molecule has 28 heavy (non-hydrogen) atoms. The summed E-state index contributed by atoms with van der Waals surface area (Å²) in [5, 5.41) is 13.3. The molecule has 144 valence electrons. The van der Waals surface area contributed by atoms with E-state index in [0.29, 0.717) is 35.5 Å². The van der Waals surface area contributed by atoms with Crippen LogP contribution in [0.5, 0.6) is 0 Å². The van der Waals surface area contributed by atoms with Crippen molar-refractivity contribution in [3.05, 3.63) is 52.2 Å². The quantitative estimate of drug-likeness (QED) is 0.782. The van der Waals surface area contributed by atoms with Crippen LogP contribution in [0, 0.1) is 11.3 Å². The maximum atomic E-state index is 12.6. The number of carbonyl (C=O) groups excluding carboxylic acids is 3. The van der Waals surface area contributed by atoms with E-state index in [1.54, 1.807) is 36.4 Å². The fraction of sp³-hybridized carbons (Fsp3) is 0.300. The van der Waals surface area contributed by atoms with Crippen molar-refractivity contribution >= 4 is 34.8 Å². The van der Waals surface area contributed by atoms with Gasteiger partial charge in [-0.25, -0.2) is 4.79 Å². The highest BCUT2D eigenvalue weighted by molar-refractivity contribution is 7.12. The third-order valence-corrected chi connectivity index (χ3v) is 5.32. The average Bonchev–Trinajstić information content (AvgIpc) is 3.40. The SMILES string of the molecule is C[C@H](OC(=O)[C@@H]1CCCN1C(=O)c1cccs1)C(=O)Nc1ccc(C#N)cc1. The predicted octanol–water partition coefficient (Wildman–Crippen LogP) is 2.79. The molecule has 2 amide bonds. The molecule has 7 nitrogen and oxygen atoms in total. The van der Waals surface area contributed by atoms with Crippen molar-refractivity contribution < 1.29 is 19.1 Å². The summed E-state index contributed by atoms with van der Waals surface area (Å²) in [5.41, 5.74) is 0.983. The number of hydrogen-bond acceptors (Lipinski definition) is 6. The van der Waals surface area contributed by atoms with Crippen LogP contribution >= 0.6 is 11.3 Å². The molecule has 8 heteroatoms. The number of rotatable bonds is 5. The molecule has 2 heterocycles. The zero-order valence-electron chi connectivity index (χ0n) is 15.3. The van der Waals surface area contributed by atoms with Crippen LogP contribution in [-0.2, 0) is 14.3 Å². The molecule has 1 N–H and O–H groups in total. The van der Waals surface area contributed by atoms with Crippen LogP contribution in [0.3, 0.4) is 0 Å². The van der Waals surface area contributed by atoms with Crippen molar-refractivity contribution in [2.24, 2.45) is 0 Å². The van der Waals surface area contributed by atoms with E-state index in [4.69, 9.17) is 10.00 Å². The van der Waals surface area contributed by atoms with E-state index in [9.17, 15) is 14.4 Å². The van der Waals surface area contributed by atoms with Gasteiger partial charge in [0.15, 0.2) is 6.10 Å². The molecule has 1 aliphatic heterocycles. The third kappa shape index (κ3) is 4.38. The van der Waals surface area contributed by atoms with Gasteiger partial charge in [-0.1, -0.05) is 6.07 Å². The number of esters is 1. The summed E-state index contributed by atoms with van der Waals surface area (Å²) in [7, 11) is 0. The number of nitrogens with zero attached hydrogens (tertiary/aromatic N) is 2. The molecule has 0 saturated carbocycles. The topological polar surface area (TPSA) is 99.5 Å². The van der Waals surface area contributed by atoms with Crippen LogP contribution in [-0.4, -0.2) is 41.4 Å². The molecule has 1 saturated heterocycles. The molecule has 3 rings (SSSR count). The first-order valence-corrected chi connectivity index (χ1v) is 9.73. The van der Waals surface area contributed by atoms with Crippen LogP contribution in [0.1, 0.15) is 35.0 Å². The second-order valence-electron chi connectivity index (χ2n) is 6.39. The molecule has 2 atom stereocenters. The molecule has 1 aliphatic rings. The molecular formula is C20H19N3O4S. The summed E-state index contributed by atoms with van der Waals surface area (Å²) in [4.78, 5) is 39.5. The lowest BCUT2D eigenvalue weighted by Gasteiger charge is -2.24. The summed E-state index contributed by atoms with van der Waals surface area (Å²) in [6.45, 7) is 1.97. The fourth-order valence-corrected chi connectivity index (χ4v) is 3.65. The molecule has 0 spiro atoms. The van der Waals surface area contributed by atoms with E-state index in [1.165, 1.54) is 23.2 Å². The molecule has 0 radical (unpaired) electrons. The first-order chi connectivity index (χ1) is 13.5. The zero-order valence-corrected chi connectivity index (χ0v) is 16.1. The number of amides is 2. The van der Waals surface area contributed by atoms with E-state index in [-0.39, 0.29) is 5.91 Å². The van der Waals surface area contributed by atoms with Crippen molar-refractivity contribution in [3.63, 3.8) is 0 Å². The largest absolute Gasteiger partial charge is 0.451 e. The maximum absolute atomic E-state index is 12.6. The molecule has 0 aliphatic carbocycles. The van der Waals surface area contributed by atoms with Crippen LogP contribution in [0.15, 0.2) is 41.8 Å². The summed E-state index contributed by atoms with van der Waals surface area (Å²) in [6, 6.07) is 11.2. The number of carbonyl (C=O) groups is 3. The minimum atomic E-state index is -1.01. The Balaban J connectivity index is 1.58. The van der Waals surface area contributed by atoms with Crippen LogP contribution in [0.4, 0.5) is 5.69 Å². The normalized spacial score (nSPS) is 16.9. The van der Waals surface area contributed by atoms with Gasteiger partial charge in [-0.15, -0.1) is 11.3 Å². The first-order valence-electron chi connectivity index (χ1n) is 8.85. The van der Waals surface area contributed by atoms with Crippen molar-refractivity contribution in [1.29, 1.82) is 5.26 Å². The van der Waals surface area contributed by atoms with Crippen molar-refractivity contribution in [1.82, 2.24) is 4.90 Å². The number of hydrogen-bond donors (Lipinski definition) is 1. The van der Waals surface area contributed by atoms with Crippen LogP contribution in [0.2, 0.25) is 0 Å². The van der Waals surface area contributed by atoms with E-state index in [2.05, 4.69) is 5.32 Å². The highest BCUT2D eigenvalue weighted by Gasteiger charge is 2.37. The molecular weight excluding hydrogens is 378 g/mol. The van der Waals surface area contributed by atoms with Gasteiger partial charge in [-0.2, -0.15) is 5.26 Å². The Morgan fingerprint density at radius 1 is 1.29 bits per heavy atom. The number of benzene rings is 1. The Bertz CT molecular complexity index is 903. The van der Waals surface area contributed by atoms with Crippen molar-refractivity contribution in [2.75, 3.05) is 11.9 Å². The zero-order chi connectivity index (χ0) is 20.1. The number of thiophene rings is 1. The standard InChI is InChI=1S/C20H19N3O4S/c1-13(18(24)22-15-8-6-14(12-21)7-9-15)27-20(26)16-4-2-10-23(16)19(25)17-5-3-11-28-17/h3,5-9,11,13,16H,2,4,10H2,1H3,(H,22,24)/t13-,16-/m0/s1. The lowest BCUT2D eigenvalue weighted by Crippen LogP contribution is -2.43. The van der Waals surface area contributed by atoms with E-state index in [1.807, 2.05) is 11.4 Å². The Kier molecular flexibility index (Phi) is 6.06. The molecule has 1 aromatic heterocycles. The Hall–Kier alpha value is -3.18. The number of nitrogens with one attached hydrogen (secondary N) is 1. The molecule has 0 unspecified atom stereocenters. The van der Waals surface area contributed by atoms with Gasteiger partial charge in [0, 0.05) is 12.2 Å². The second-order valence-corrected chi connectivity index (χ2v) is 7.34. The molecule has 2 aromatic rings. The van der Waals surface area contributed by atoms with Gasteiger partial charge >= 0.3 is 5.97 Å². The second kappa shape index (κ2) is 8.67. The monoisotopic (exact) mass is 397 g/mol. The molecule has 1 aromatic carbocycles.